The Balaban J connectivity index is 1.81. The van der Waals surface area contributed by atoms with E-state index in [0.29, 0.717) is 11.5 Å². The fourth-order valence-electron chi connectivity index (χ4n) is 3.02. The largest absolute Gasteiger partial charge is 0.204 e. The Morgan fingerprint density at radius 2 is 1.70 bits per heavy atom. The quantitative estimate of drug-likeness (QED) is 0.511. The third kappa shape index (κ3) is 3.68. The van der Waals surface area contributed by atoms with Crippen LogP contribution < -0.4 is 0 Å². The molecule has 0 aromatic heterocycles. The molecule has 0 saturated carbocycles. The van der Waals surface area contributed by atoms with Gasteiger partial charge in [-0.2, -0.15) is 0 Å². The molecule has 0 saturated heterocycles. The van der Waals surface area contributed by atoms with Gasteiger partial charge in [-0.3, -0.25) is 0 Å². The zero-order valence-electron chi connectivity index (χ0n) is 13.1. The van der Waals surface area contributed by atoms with Gasteiger partial charge in [0.25, 0.3) is 0 Å². The van der Waals surface area contributed by atoms with Crippen LogP contribution in [0.1, 0.15) is 35.6 Å². The summed E-state index contributed by atoms with van der Waals surface area (Å²) in [6.07, 6.45) is 7.70. The van der Waals surface area contributed by atoms with E-state index < -0.39 is 11.6 Å². The van der Waals surface area contributed by atoms with Crippen molar-refractivity contribution in [1.29, 1.82) is 0 Å². The number of hydrogen-bond donors (Lipinski definition) is 0. The lowest BCUT2D eigenvalue weighted by molar-refractivity contribution is 0.508. The summed E-state index contributed by atoms with van der Waals surface area (Å²) in [7, 11) is 0. The summed E-state index contributed by atoms with van der Waals surface area (Å²) in [5.41, 5.74) is 4.13. The second-order valence-corrected chi connectivity index (χ2v) is 5.89. The van der Waals surface area contributed by atoms with Crippen LogP contribution in [0.15, 0.2) is 48.6 Å². The minimum Gasteiger partial charge on any atom is -0.204 e. The van der Waals surface area contributed by atoms with Crippen LogP contribution in [0, 0.1) is 29.4 Å². The number of halogens is 2. The van der Waals surface area contributed by atoms with Crippen molar-refractivity contribution in [2.75, 3.05) is 0 Å². The van der Waals surface area contributed by atoms with Gasteiger partial charge in [0, 0.05) is 11.1 Å². The van der Waals surface area contributed by atoms with E-state index in [4.69, 9.17) is 0 Å². The number of rotatable bonds is 1. The molecular formula is C21H18F2. The van der Waals surface area contributed by atoms with Gasteiger partial charge in [0.15, 0.2) is 11.6 Å². The predicted molar refractivity (Wildman–Crippen MR) is 89.1 cm³/mol. The summed E-state index contributed by atoms with van der Waals surface area (Å²) in [6, 6.07) is 9.99. The molecule has 1 unspecified atom stereocenters. The molecule has 116 valence electrons. The number of allylic oxidation sites excluding steroid dienone is 2. The van der Waals surface area contributed by atoms with Crippen molar-refractivity contribution in [3.63, 3.8) is 0 Å². The van der Waals surface area contributed by atoms with Crippen molar-refractivity contribution in [3.8, 4) is 11.8 Å². The Labute approximate surface area is 135 Å². The third-order valence-electron chi connectivity index (χ3n) is 4.21. The number of fused-ring (bicyclic) bond motifs is 1. The Hall–Kier alpha value is -2.40. The van der Waals surface area contributed by atoms with Crippen molar-refractivity contribution in [1.82, 2.24) is 0 Å². The third-order valence-corrected chi connectivity index (χ3v) is 4.21. The Bertz CT molecular complexity index is 806. The summed E-state index contributed by atoms with van der Waals surface area (Å²) < 4.78 is 26.1. The van der Waals surface area contributed by atoms with Crippen LogP contribution in [0.5, 0.6) is 0 Å². The zero-order valence-corrected chi connectivity index (χ0v) is 13.1. The van der Waals surface area contributed by atoms with Gasteiger partial charge < -0.3 is 0 Å². The molecule has 0 nitrogen and oxygen atoms in total. The molecule has 0 bridgehead atoms. The number of aryl methyl sites for hydroxylation is 1. The van der Waals surface area contributed by atoms with E-state index in [-0.39, 0.29) is 0 Å². The highest BCUT2D eigenvalue weighted by atomic mass is 19.2. The number of benzene rings is 2. The Morgan fingerprint density at radius 1 is 0.957 bits per heavy atom. The second kappa shape index (κ2) is 6.79. The van der Waals surface area contributed by atoms with Gasteiger partial charge in [0.2, 0.25) is 0 Å². The highest BCUT2D eigenvalue weighted by Crippen LogP contribution is 2.27. The van der Waals surface area contributed by atoms with E-state index in [1.165, 1.54) is 17.2 Å². The van der Waals surface area contributed by atoms with Crippen LogP contribution in [0.3, 0.4) is 0 Å². The van der Waals surface area contributed by atoms with Crippen LogP contribution in [0.4, 0.5) is 8.78 Å². The van der Waals surface area contributed by atoms with Gasteiger partial charge in [-0.25, -0.2) is 8.78 Å². The molecular weight excluding hydrogens is 290 g/mol. The summed E-state index contributed by atoms with van der Waals surface area (Å²) in [5.74, 6) is 4.86. The molecule has 0 spiro atoms. The van der Waals surface area contributed by atoms with Crippen LogP contribution in [-0.4, -0.2) is 0 Å². The smallest absolute Gasteiger partial charge is 0.160 e. The molecule has 2 heteroatoms. The van der Waals surface area contributed by atoms with Gasteiger partial charge in [-0.05, 0) is 73.6 Å². The van der Waals surface area contributed by atoms with E-state index in [9.17, 15) is 8.78 Å². The van der Waals surface area contributed by atoms with E-state index in [2.05, 4.69) is 43.0 Å². The predicted octanol–water partition coefficient (Wildman–Crippen LogP) is 5.05. The lowest BCUT2D eigenvalue weighted by Crippen LogP contribution is -2.12. The van der Waals surface area contributed by atoms with Crippen molar-refractivity contribution in [2.24, 2.45) is 5.92 Å². The van der Waals surface area contributed by atoms with E-state index >= 15 is 0 Å². The van der Waals surface area contributed by atoms with E-state index in [0.717, 1.165) is 37.0 Å². The highest BCUT2D eigenvalue weighted by molar-refractivity contribution is 5.46. The fraction of sp³-hybridized carbons (Fsp3) is 0.238. The van der Waals surface area contributed by atoms with Gasteiger partial charge in [-0.1, -0.05) is 30.1 Å². The Morgan fingerprint density at radius 3 is 2.43 bits per heavy atom. The van der Waals surface area contributed by atoms with Crippen molar-refractivity contribution >= 4 is 0 Å². The summed E-state index contributed by atoms with van der Waals surface area (Å²) >= 11 is 0. The molecule has 23 heavy (non-hydrogen) atoms. The second-order valence-electron chi connectivity index (χ2n) is 5.89. The van der Waals surface area contributed by atoms with Crippen LogP contribution in [0.25, 0.3) is 0 Å². The molecule has 1 aliphatic carbocycles. The molecule has 2 aromatic rings. The first kappa shape index (κ1) is 15.5. The lowest BCUT2D eigenvalue weighted by Gasteiger charge is -2.22. The Kier molecular flexibility index (Phi) is 4.57. The molecule has 3 rings (SSSR count). The fourth-order valence-corrected chi connectivity index (χ4v) is 3.02. The monoisotopic (exact) mass is 308 g/mol. The van der Waals surface area contributed by atoms with Gasteiger partial charge in [-0.15, -0.1) is 0 Å². The van der Waals surface area contributed by atoms with Gasteiger partial charge >= 0.3 is 0 Å². The topological polar surface area (TPSA) is 0 Å². The standard InChI is InChI=1S/C21H18F2/c1-2-3-15-6-9-19-13-16(7-10-18(19)12-15)4-5-17-8-11-20(22)21(23)14-17/h2-3,7-8,10-11,13-15H,6,9,12H2,1H3. The summed E-state index contributed by atoms with van der Waals surface area (Å²) in [5, 5.41) is 0. The van der Waals surface area contributed by atoms with E-state index in [1.54, 1.807) is 0 Å². The molecule has 0 amide bonds. The average Bonchev–Trinajstić information content (AvgIpc) is 2.56. The maximum Gasteiger partial charge on any atom is 0.160 e. The van der Waals surface area contributed by atoms with Crippen molar-refractivity contribution in [3.05, 3.63) is 82.4 Å². The molecule has 0 radical (unpaired) electrons. The molecule has 0 heterocycles. The first-order valence-electron chi connectivity index (χ1n) is 7.87. The van der Waals surface area contributed by atoms with Crippen molar-refractivity contribution in [2.45, 2.75) is 26.2 Å². The zero-order chi connectivity index (χ0) is 16.2. The van der Waals surface area contributed by atoms with Crippen molar-refractivity contribution < 1.29 is 8.78 Å². The molecule has 1 atom stereocenters. The summed E-state index contributed by atoms with van der Waals surface area (Å²) in [6.45, 7) is 2.06. The summed E-state index contributed by atoms with van der Waals surface area (Å²) in [4.78, 5) is 0. The maximum atomic E-state index is 13.2. The first-order valence-corrected chi connectivity index (χ1v) is 7.87. The number of hydrogen-bond acceptors (Lipinski definition) is 0. The minimum absolute atomic E-state index is 0.481. The average molecular weight is 308 g/mol. The molecule has 1 aliphatic rings. The van der Waals surface area contributed by atoms with E-state index in [1.807, 2.05) is 6.07 Å². The van der Waals surface area contributed by atoms with Crippen LogP contribution in [-0.2, 0) is 12.8 Å². The van der Waals surface area contributed by atoms with Gasteiger partial charge in [0.1, 0.15) is 0 Å². The molecule has 0 fully saturated rings. The normalized spacial score (nSPS) is 16.7. The highest BCUT2D eigenvalue weighted by Gasteiger charge is 2.16. The maximum absolute atomic E-state index is 13.2. The minimum atomic E-state index is -0.864. The molecule has 0 aliphatic heterocycles. The molecule has 0 N–H and O–H groups in total. The molecule has 2 aromatic carbocycles. The van der Waals surface area contributed by atoms with Crippen LogP contribution >= 0.6 is 0 Å². The van der Waals surface area contributed by atoms with Gasteiger partial charge in [0.05, 0.1) is 0 Å². The first-order chi connectivity index (χ1) is 11.2. The van der Waals surface area contributed by atoms with Crippen LogP contribution in [0.2, 0.25) is 0 Å². The SMILES string of the molecule is CC=CC1CCc2cc(C#Cc3ccc(F)c(F)c3)ccc2C1. The lowest BCUT2D eigenvalue weighted by atomic mass is 9.83.